The van der Waals surface area contributed by atoms with Gasteiger partial charge in [0.25, 0.3) is 0 Å². The second kappa shape index (κ2) is 5.71. The fraction of sp³-hybridized carbons (Fsp3) is 0.583. The van der Waals surface area contributed by atoms with Gasteiger partial charge in [0, 0.05) is 25.0 Å². The fourth-order valence-electron chi connectivity index (χ4n) is 2.03. The maximum absolute atomic E-state index is 4.07. The van der Waals surface area contributed by atoms with Crippen LogP contribution in [0.25, 0.3) is 0 Å². The molecule has 3 heteroatoms. The number of pyridine rings is 1. The molecule has 1 fully saturated rings. The van der Waals surface area contributed by atoms with E-state index in [4.69, 9.17) is 0 Å². The Hall–Kier alpha value is -1.09. The summed E-state index contributed by atoms with van der Waals surface area (Å²) >= 11 is 0. The van der Waals surface area contributed by atoms with Crippen LogP contribution in [0.2, 0.25) is 0 Å². The molecule has 0 amide bonds. The summed E-state index contributed by atoms with van der Waals surface area (Å²) in [6.45, 7) is 2.22. The van der Waals surface area contributed by atoms with Gasteiger partial charge in [0.15, 0.2) is 0 Å². The van der Waals surface area contributed by atoms with Gasteiger partial charge in [-0.2, -0.15) is 0 Å². The van der Waals surface area contributed by atoms with E-state index in [0.717, 1.165) is 12.2 Å². The van der Waals surface area contributed by atoms with Crippen molar-refractivity contribution in [2.24, 2.45) is 0 Å². The van der Waals surface area contributed by atoms with Crippen LogP contribution in [0, 0.1) is 0 Å². The van der Waals surface area contributed by atoms with Crippen LogP contribution in [0.15, 0.2) is 24.5 Å². The lowest BCUT2D eigenvalue weighted by molar-refractivity contribution is 0.389. The minimum absolute atomic E-state index is 0.711. The highest BCUT2D eigenvalue weighted by molar-refractivity contribution is 5.39. The summed E-state index contributed by atoms with van der Waals surface area (Å²) in [4.78, 5) is 4.07. The van der Waals surface area contributed by atoms with Crippen LogP contribution in [0.5, 0.6) is 0 Å². The minimum Gasteiger partial charge on any atom is -0.384 e. The van der Waals surface area contributed by atoms with Gasteiger partial charge in [-0.3, -0.25) is 4.98 Å². The summed E-state index contributed by atoms with van der Waals surface area (Å²) in [7, 11) is 0. The summed E-state index contributed by atoms with van der Waals surface area (Å²) in [6, 6.07) is 4.73. The zero-order valence-corrected chi connectivity index (χ0v) is 9.08. The van der Waals surface area contributed by atoms with Crippen molar-refractivity contribution in [3.05, 3.63) is 24.5 Å². The highest BCUT2D eigenvalue weighted by Crippen LogP contribution is 2.10. The number of hydrogen-bond donors (Lipinski definition) is 2. The van der Waals surface area contributed by atoms with Crippen LogP contribution < -0.4 is 10.6 Å². The third-order valence-electron chi connectivity index (χ3n) is 2.90. The lowest BCUT2D eigenvalue weighted by Gasteiger charge is -2.23. The van der Waals surface area contributed by atoms with Gasteiger partial charge < -0.3 is 10.6 Å². The first-order chi connectivity index (χ1) is 7.45. The molecule has 1 atom stereocenters. The molecule has 0 bridgehead atoms. The first kappa shape index (κ1) is 10.4. The van der Waals surface area contributed by atoms with Gasteiger partial charge in [0.2, 0.25) is 0 Å². The average molecular weight is 205 g/mol. The second-order valence-corrected chi connectivity index (χ2v) is 4.10. The molecule has 1 aromatic rings. The maximum atomic E-state index is 4.07. The lowest BCUT2D eigenvalue weighted by Crippen LogP contribution is -2.35. The molecule has 2 rings (SSSR count). The molecule has 0 radical (unpaired) electrons. The molecule has 2 N–H and O–H groups in total. The van der Waals surface area contributed by atoms with Crippen molar-refractivity contribution in [3.63, 3.8) is 0 Å². The summed E-state index contributed by atoms with van der Waals surface area (Å²) in [5, 5.41) is 6.94. The SMILES string of the molecule is c1cncc(NCCC2CCCCN2)c1. The summed E-state index contributed by atoms with van der Waals surface area (Å²) in [6.07, 6.45) is 8.92. The second-order valence-electron chi connectivity index (χ2n) is 4.10. The number of nitrogens with zero attached hydrogens (tertiary/aromatic N) is 1. The highest BCUT2D eigenvalue weighted by atomic mass is 14.9. The van der Waals surface area contributed by atoms with Gasteiger partial charge in [-0.15, -0.1) is 0 Å². The molecule has 1 aliphatic rings. The van der Waals surface area contributed by atoms with Gasteiger partial charge in [-0.1, -0.05) is 6.42 Å². The summed E-state index contributed by atoms with van der Waals surface area (Å²) in [5.41, 5.74) is 1.12. The Bertz CT molecular complexity index is 267. The van der Waals surface area contributed by atoms with Gasteiger partial charge in [-0.05, 0) is 37.9 Å². The van der Waals surface area contributed by atoms with E-state index in [1.807, 2.05) is 12.3 Å². The van der Waals surface area contributed by atoms with E-state index in [0.29, 0.717) is 6.04 Å². The van der Waals surface area contributed by atoms with Gasteiger partial charge in [-0.25, -0.2) is 0 Å². The van der Waals surface area contributed by atoms with Gasteiger partial charge in [0.1, 0.15) is 0 Å². The largest absolute Gasteiger partial charge is 0.384 e. The molecule has 0 spiro atoms. The van der Waals surface area contributed by atoms with Crippen molar-refractivity contribution in [1.82, 2.24) is 10.3 Å². The third kappa shape index (κ3) is 3.51. The van der Waals surface area contributed by atoms with Crippen molar-refractivity contribution in [3.8, 4) is 0 Å². The predicted molar refractivity (Wildman–Crippen MR) is 63.0 cm³/mol. The molecule has 1 aliphatic heterocycles. The average Bonchev–Trinajstić information content (AvgIpc) is 2.32. The number of rotatable bonds is 4. The monoisotopic (exact) mass is 205 g/mol. The van der Waals surface area contributed by atoms with Crippen molar-refractivity contribution in [2.75, 3.05) is 18.4 Å². The summed E-state index contributed by atoms with van der Waals surface area (Å²) < 4.78 is 0. The molecule has 1 unspecified atom stereocenters. The first-order valence-electron chi connectivity index (χ1n) is 5.82. The third-order valence-corrected chi connectivity index (χ3v) is 2.90. The molecule has 1 aromatic heterocycles. The van der Waals surface area contributed by atoms with E-state index in [-0.39, 0.29) is 0 Å². The van der Waals surface area contributed by atoms with E-state index in [1.165, 1.54) is 32.2 Å². The number of piperidine rings is 1. The molecule has 3 nitrogen and oxygen atoms in total. The lowest BCUT2D eigenvalue weighted by atomic mass is 10.0. The van der Waals surface area contributed by atoms with E-state index in [2.05, 4.69) is 21.7 Å². The van der Waals surface area contributed by atoms with Crippen molar-refractivity contribution < 1.29 is 0 Å². The summed E-state index contributed by atoms with van der Waals surface area (Å²) in [5.74, 6) is 0. The van der Waals surface area contributed by atoms with Crippen molar-refractivity contribution in [1.29, 1.82) is 0 Å². The zero-order chi connectivity index (χ0) is 10.3. The van der Waals surface area contributed by atoms with E-state index < -0.39 is 0 Å². The maximum Gasteiger partial charge on any atom is 0.0526 e. The fourth-order valence-corrected chi connectivity index (χ4v) is 2.03. The standard InChI is InChI=1S/C12H19N3/c1-2-8-14-11(4-1)6-9-15-12-5-3-7-13-10-12/h3,5,7,10-11,14-15H,1-2,4,6,8-9H2. The first-order valence-corrected chi connectivity index (χ1v) is 5.82. The normalized spacial score (nSPS) is 21.2. The number of hydrogen-bond acceptors (Lipinski definition) is 3. The Morgan fingerprint density at radius 3 is 3.20 bits per heavy atom. The molecule has 0 aromatic carbocycles. The molecule has 1 saturated heterocycles. The molecule has 0 aliphatic carbocycles. The smallest absolute Gasteiger partial charge is 0.0526 e. The van der Waals surface area contributed by atoms with Crippen LogP contribution >= 0.6 is 0 Å². The zero-order valence-electron chi connectivity index (χ0n) is 9.08. The quantitative estimate of drug-likeness (QED) is 0.789. The molecular formula is C12H19N3. The molecule has 2 heterocycles. The number of aromatic nitrogens is 1. The van der Waals surface area contributed by atoms with Crippen LogP contribution in [0.3, 0.4) is 0 Å². The highest BCUT2D eigenvalue weighted by Gasteiger charge is 2.11. The predicted octanol–water partition coefficient (Wildman–Crippen LogP) is 2.03. The Morgan fingerprint density at radius 1 is 1.47 bits per heavy atom. The van der Waals surface area contributed by atoms with Crippen LogP contribution in [-0.4, -0.2) is 24.1 Å². The van der Waals surface area contributed by atoms with E-state index in [1.54, 1.807) is 6.20 Å². The molecule has 0 saturated carbocycles. The van der Waals surface area contributed by atoms with Crippen molar-refractivity contribution >= 4 is 5.69 Å². The Labute approximate surface area is 91.3 Å². The Morgan fingerprint density at radius 2 is 2.47 bits per heavy atom. The Balaban J connectivity index is 1.66. The van der Waals surface area contributed by atoms with E-state index >= 15 is 0 Å². The molecule has 15 heavy (non-hydrogen) atoms. The minimum atomic E-state index is 0.711. The number of anilines is 1. The number of nitrogens with one attached hydrogen (secondary N) is 2. The van der Waals surface area contributed by atoms with Crippen LogP contribution in [0.4, 0.5) is 5.69 Å². The van der Waals surface area contributed by atoms with Gasteiger partial charge in [0.05, 0.1) is 5.69 Å². The van der Waals surface area contributed by atoms with Crippen molar-refractivity contribution in [2.45, 2.75) is 31.7 Å². The molecular weight excluding hydrogens is 186 g/mol. The van der Waals surface area contributed by atoms with Crippen LogP contribution in [-0.2, 0) is 0 Å². The van der Waals surface area contributed by atoms with Crippen LogP contribution in [0.1, 0.15) is 25.7 Å². The van der Waals surface area contributed by atoms with E-state index in [9.17, 15) is 0 Å². The topological polar surface area (TPSA) is 37.0 Å². The molecule has 82 valence electrons. The van der Waals surface area contributed by atoms with Gasteiger partial charge >= 0.3 is 0 Å². The Kier molecular flexibility index (Phi) is 3.97.